The number of hydrogen-bond donors (Lipinski definition) is 0. The normalized spacial score (nSPS) is 14.9. The molecule has 2 aromatic rings. The third-order valence-corrected chi connectivity index (χ3v) is 7.47. The van der Waals surface area contributed by atoms with Crippen molar-refractivity contribution in [3.8, 4) is 0 Å². The summed E-state index contributed by atoms with van der Waals surface area (Å²) in [5, 5.41) is 0. The molecule has 0 aromatic heterocycles. The van der Waals surface area contributed by atoms with Gasteiger partial charge in [0.2, 0.25) is 0 Å². The minimum atomic E-state index is 0.0517. The maximum absolute atomic E-state index is 2.55. The van der Waals surface area contributed by atoms with E-state index in [4.69, 9.17) is 0 Å². The van der Waals surface area contributed by atoms with E-state index in [0.717, 1.165) is 6.42 Å². The molecule has 0 saturated carbocycles. The minimum Gasteiger partial charge on any atom is -0.0645 e. The highest BCUT2D eigenvalue weighted by Crippen LogP contribution is 2.48. The maximum atomic E-state index is 2.55. The summed E-state index contributed by atoms with van der Waals surface area (Å²) in [7, 11) is 0. The van der Waals surface area contributed by atoms with E-state index in [1.54, 1.807) is 11.1 Å². The summed E-state index contributed by atoms with van der Waals surface area (Å²) in [5.41, 5.74) is 11.0. The Morgan fingerprint density at radius 2 is 0.943 bits per heavy atom. The molecule has 0 N–H and O–H groups in total. The van der Waals surface area contributed by atoms with Crippen LogP contribution in [0.2, 0.25) is 0 Å². The molecule has 0 aliphatic heterocycles. The molecule has 35 heavy (non-hydrogen) atoms. The van der Waals surface area contributed by atoms with E-state index >= 15 is 0 Å². The van der Waals surface area contributed by atoms with Crippen LogP contribution in [-0.2, 0) is 27.1 Å². The molecule has 0 spiro atoms. The average Bonchev–Trinajstić information content (AvgIpc) is 2.64. The molecule has 1 atom stereocenters. The van der Waals surface area contributed by atoms with Crippen molar-refractivity contribution in [2.45, 2.75) is 150 Å². The van der Waals surface area contributed by atoms with Gasteiger partial charge in [-0.2, -0.15) is 0 Å². The van der Waals surface area contributed by atoms with E-state index in [9.17, 15) is 0 Å². The Morgan fingerprint density at radius 3 is 1.31 bits per heavy atom. The summed E-state index contributed by atoms with van der Waals surface area (Å²) in [6.45, 7) is 38.0. The molecule has 0 aliphatic rings. The molecular formula is C35H56. The summed E-state index contributed by atoms with van der Waals surface area (Å²) in [4.78, 5) is 0. The fraction of sp³-hybridized carbons (Fsp3) is 0.657. The lowest BCUT2D eigenvalue weighted by Gasteiger charge is -2.40. The number of hydrogen-bond acceptors (Lipinski definition) is 0. The first-order chi connectivity index (χ1) is 15.5. The molecule has 0 heteroatoms. The van der Waals surface area contributed by atoms with Crippen molar-refractivity contribution in [2.75, 3.05) is 0 Å². The molecule has 0 fully saturated rings. The highest BCUT2D eigenvalue weighted by molar-refractivity contribution is 5.56. The molecule has 0 saturated heterocycles. The van der Waals surface area contributed by atoms with Crippen LogP contribution >= 0.6 is 0 Å². The summed E-state index contributed by atoms with van der Waals surface area (Å²) in [6, 6.07) is 12.3. The lowest BCUT2D eigenvalue weighted by Crippen LogP contribution is -2.29. The Hall–Kier alpha value is -1.56. The second-order valence-corrected chi connectivity index (χ2v) is 16.0. The fourth-order valence-electron chi connectivity index (χ4n) is 5.65. The second-order valence-electron chi connectivity index (χ2n) is 16.0. The van der Waals surface area contributed by atoms with Gasteiger partial charge in [0.25, 0.3) is 0 Å². The topological polar surface area (TPSA) is 0 Å². The second kappa shape index (κ2) is 9.39. The van der Waals surface area contributed by atoms with Crippen LogP contribution in [0.3, 0.4) is 0 Å². The van der Waals surface area contributed by atoms with Crippen molar-refractivity contribution in [3.63, 3.8) is 0 Å². The van der Waals surface area contributed by atoms with Crippen LogP contribution in [-0.4, -0.2) is 0 Å². The molecule has 2 aromatic carbocycles. The predicted molar refractivity (Wildman–Crippen MR) is 159 cm³/mol. The van der Waals surface area contributed by atoms with Gasteiger partial charge in [-0.05, 0) is 72.4 Å². The van der Waals surface area contributed by atoms with Gasteiger partial charge in [-0.3, -0.25) is 0 Å². The third kappa shape index (κ3) is 6.42. The Labute approximate surface area is 219 Å². The first kappa shape index (κ1) is 29.7. The van der Waals surface area contributed by atoms with E-state index in [2.05, 4.69) is 141 Å². The van der Waals surface area contributed by atoms with E-state index in [1.807, 2.05) is 0 Å². The van der Waals surface area contributed by atoms with Crippen molar-refractivity contribution in [1.29, 1.82) is 0 Å². The molecule has 0 nitrogen and oxygen atoms in total. The van der Waals surface area contributed by atoms with Crippen LogP contribution in [0.25, 0.3) is 0 Å². The molecule has 0 bridgehead atoms. The van der Waals surface area contributed by atoms with Crippen molar-refractivity contribution < 1.29 is 0 Å². The molecule has 2 rings (SSSR count). The summed E-state index contributed by atoms with van der Waals surface area (Å²) in [5.74, 6) is 0.359. The van der Waals surface area contributed by atoms with Gasteiger partial charge in [0.05, 0.1) is 0 Å². The van der Waals surface area contributed by atoms with Crippen LogP contribution in [0.15, 0.2) is 30.3 Å². The maximum Gasteiger partial charge on any atom is 0.00957 e. The predicted octanol–water partition coefficient (Wildman–Crippen LogP) is 10.7. The lowest BCUT2D eigenvalue weighted by atomic mass is 9.64. The smallest absolute Gasteiger partial charge is 0.00957 e. The minimum absolute atomic E-state index is 0.0517. The van der Waals surface area contributed by atoms with Crippen LogP contribution in [0.1, 0.15) is 162 Å². The van der Waals surface area contributed by atoms with Gasteiger partial charge >= 0.3 is 0 Å². The number of rotatable bonds is 3. The Balaban J connectivity index is 3.16. The summed E-state index contributed by atoms with van der Waals surface area (Å²) < 4.78 is 0. The molecule has 0 amide bonds. The molecule has 0 aliphatic carbocycles. The van der Waals surface area contributed by atoms with Gasteiger partial charge in [-0.15, -0.1) is 0 Å². The first-order valence-corrected chi connectivity index (χ1v) is 13.8. The van der Waals surface area contributed by atoms with E-state index in [1.165, 1.54) is 27.8 Å². The van der Waals surface area contributed by atoms with Gasteiger partial charge < -0.3 is 0 Å². The summed E-state index contributed by atoms with van der Waals surface area (Å²) >= 11 is 0. The van der Waals surface area contributed by atoms with Gasteiger partial charge in [0, 0.05) is 5.92 Å². The van der Waals surface area contributed by atoms with Gasteiger partial charge in [-0.1, -0.05) is 141 Å². The largest absolute Gasteiger partial charge is 0.0645 e. The van der Waals surface area contributed by atoms with Crippen LogP contribution in [0, 0.1) is 0 Å². The third-order valence-electron chi connectivity index (χ3n) is 7.47. The van der Waals surface area contributed by atoms with Crippen LogP contribution in [0.4, 0.5) is 0 Å². The average molecular weight is 477 g/mol. The Morgan fingerprint density at radius 1 is 0.514 bits per heavy atom. The fourth-order valence-corrected chi connectivity index (χ4v) is 5.65. The van der Waals surface area contributed by atoms with Crippen molar-refractivity contribution in [3.05, 3.63) is 69.3 Å². The monoisotopic (exact) mass is 476 g/mol. The molecule has 0 heterocycles. The highest BCUT2D eigenvalue weighted by Gasteiger charge is 2.36. The van der Waals surface area contributed by atoms with Gasteiger partial charge in [-0.25, -0.2) is 0 Å². The van der Waals surface area contributed by atoms with Crippen molar-refractivity contribution in [1.82, 2.24) is 0 Å². The van der Waals surface area contributed by atoms with Gasteiger partial charge in [0.15, 0.2) is 0 Å². The molecule has 196 valence electrons. The zero-order chi connectivity index (χ0) is 27.4. The Kier molecular flexibility index (Phi) is 7.96. The lowest BCUT2D eigenvalue weighted by molar-refractivity contribution is 0.504. The summed E-state index contributed by atoms with van der Waals surface area (Å²) in [6.07, 6.45) is 1.09. The van der Waals surface area contributed by atoms with E-state index < -0.39 is 0 Å². The zero-order valence-electron chi connectivity index (χ0n) is 26.2. The standard InChI is InChI=1S/C35H56/c1-17-24(25-22-23(31(2,3)4)18-19-26(25)32(5,6)7)29-27(33(8,9)10)20-21-28(34(11,12)13)30(29)35(14,15)16/h18-22,24H,17H2,1-16H3. The van der Waals surface area contributed by atoms with Crippen LogP contribution < -0.4 is 0 Å². The number of benzene rings is 2. The molecular weight excluding hydrogens is 420 g/mol. The van der Waals surface area contributed by atoms with E-state index in [-0.39, 0.29) is 27.1 Å². The van der Waals surface area contributed by atoms with Crippen LogP contribution in [0.5, 0.6) is 0 Å². The molecule has 0 radical (unpaired) electrons. The van der Waals surface area contributed by atoms with Crippen molar-refractivity contribution >= 4 is 0 Å². The quantitative estimate of drug-likeness (QED) is 0.413. The van der Waals surface area contributed by atoms with E-state index in [0.29, 0.717) is 5.92 Å². The van der Waals surface area contributed by atoms with Crippen molar-refractivity contribution in [2.24, 2.45) is 0 Å². The zero-order valence-corrected chi connectivity index (χ0v) is 26.2. The Bertz CT molecular complexity index is 1030. The highest BCUT2D eigenvalue weighted by atomic mass is 14.4. The van der Waals surface area contributed by atoms with Gasteiger partial charge in [0.1, 0.15) is 0 Å². The molecule has 1 unspecified atom stereocenters. The first-order valence-electron chi connectivity index (χ1n) is 13.8. The SMILES string of the molecule is CCC(c1cc(C(C)(C)C)ccc1C(C)(C)C)c1c(C(C)(C)C)ccc(C(C)(C)C)c1C(C)(C)C.